The summed E-state index contributed by atoms with van der Waals surface area (Å²) in [5, 5.41) is 0. The van der Waals surface area contributed by atoms with Crippen LogP contribution in [-0.4, -0.2) is 31.8 Å². The molecule has 0 aromatic heterocycles. The van der Waals surface area contributed by atoms with Crippen LogP contribution in [0.4, 0.5) is 0 Å². The molecule has 19 heavy (non-hydrogen) atoms. The molecule has 0 N–H and O–H groups in total. The summed E-state index contributed by atoms with van der Waals surface area (Å²) in [5.41, 5.74) is 0. The summed E-state index contributed by atoms with van der Waals surface area (Å²) in [6, 6.07) is 8.72. The molecule has 0 saturated carbocycles. The highest BCUT2D eigenvalue weighted by molar-refractivity contribution is 5.78. The van der Waals surface area contributed by atoms with Gasteiger partial charge >= 0.3 is 11.9 Å². The second-order valence-electron chi connectivity index (χ2n) is 3.70. The van der Waals surface area contributed by atoms with Crippen molar-refractivity contribution in [2.24, 2.45) is 0 Å². The van der Waals surface area contributed by atoms with Crippen LogP contribution in [0.1, 0.15) is 19.8 Å². The van der Waals surface area contributed by atoms with Gasteiger partial charge in [0.25, 0.3) is 0 Å². The molecule has 0 bridgehead atoms. The number of rotatable bonds is 8. The number of ether oxygens (including phenoxy) is 3. The van der Waals surface area contributed by atoms with Crippen molar-refractivity contribution in [2.45, 2.75) is 19.8 Å². The monoisotopic (exact) mass is 266 g/mol. The minimum atomic E-state index is -0.451. The molecule has 0 saturated heterocycles. The second-order valence-corrected chi connectivity index (χ2v) is 3.70. The minimum Gasteiger partial charge on any atom is -0.463 e. The van der Waals surface area contributed by atoms with Gasteiger partial charge in [0.05, 0.1) is 19.4 Å². The van der Waals surface area contributed by atoms with Crippen LogP contribution in [0, 0.1) is 0 Å². The summed E-state index contributed by atoms with van der Waals surface area (Å²) in [6.45, 7) is 3.03. The van der Waals surface area contributed by atoms with Crippen LogP contribution in [0.25, 0.3) is 0 Å². The van der Waals surface area contributed by atoms with E-state index in [1.54, 1.807) is 24.3 Å². The molecule has 0 spiro atoms. The quantitative estimate of drug-likeness (QED) is 0.409. The predicted octanol–water partition coefficient (Wildman–Crippen LogP) is 1.95. The van der Waals surface area contributed by atoms with Gasteiger partial charge in [-0.15, -0.1) is 0 Å². The molecule has 0 aliphatic carbocycles. The first-order valence-corrected chi connectivity index (χ1v) is 6.21. The summed E-state index contributed by atoms with van der Waals surface area (Å²) in [4.78, 5) is 22.7. The third-order valence-corrected chi connectivity index (χ3v) is 2.20. The highest BCUT2D eigenvalue weighted by Crippen LogP contribution is 2.09. The zero-order chi connectivity index (χ0) is 13.9. The molecule has 5 nitrogen and oxygen atoms in total. The third kappa shape index (κ3) is 7.21. The van der Waals surface area contributed by atoms with E-state index in [1.165, 1.54) is 0 Å². The lowest BCUT2D eigenvalue weighted by Crippen LogP contribution is -2.14. The van der Waals surface area contributed by atoms with Crippen LogP contribution in [0.3, 0.4) is 0 Å². The van der Waals surface area contributed by atoms with Gasteiger partial charge < -0.3 is 14.2 Å². The Morgan fingerprint density at radius 1 is 1.00 bits per heavy atom. The van der Waals surface area contributed by atoms with Gasteiger partial charge in [-0.25, -0.2) is 0 Å². The molecule has 1 aromatic rings. The first-order valence-electron chi connectivity index (χ1n) is 6.21. The van der Waals surface area contributed by atoms with Crippen LogP contribution < -0.4 is 4.74 Å². The lowest BCUT2D eigenvalue weighted by Gasteiger charge is -2.05. The Hall–Kier alpha value is -1.88. The maximum absolute atomic E-state index is 11.4. The number of esters is 2. The molecular weight excluding hydrogens is 248 g/mol. The van der Waals surface area contributed by atoms with E-state index in [4.69, 9.17) is 14.2 Å². The molecule has 0 amide bonds. The Morgan fingerprint density at radius 2 is 1.68 bits per heavy atom. The molecule has 0 aliphatic rings. The highest BCUT2D eigenvalue weighted by Gasteiger charge is 2.09. The number of hydrogen-bond acceptors (Lipinski definition) is 5. The average molecular weight is 266 g/mol. The SMILES string of the molecule is CCOCCOC(=O)CCC(=O)Oc1ccccc1. The molecule has 0 aliphatic heterocycles. The number of carbonyl (C=O) groups is 2. The first kappa shape index (κ1) is 15.2. The van der Waals surface area contributed by atoms with Crippen LogP contribution in [0.5, 0.6) is 5.75 Å². The largest absolute Gasteiger partial charge is 0.463 e. The molecule has 1 aromatic carbocycles. The Balaban J connectivity index is 2.14. The summed E-state index contributed by atoms with van der Waals surface area (Å²) in [6.07, 6.45) is 0.0140. The molecule has 0 radical (unpaired) electrons. The Labute approximate surface area is 112 Å². The van der Waals surface area contributed by atoms with Gasteiger partial charge in [-0.3, -0.25) is 9.59 Å². The van der Waals surface area contributed by atoms with E-state index in [1.807, 2.05) is 13.0 Å². The standard InChI is InChI=1S/C14H18O5/c1-2-17-10-11-18-13(15)8-9-14(16)19-12-6-4-3-5-7-12/h3-7H,2,8-11H2,1H3. The van der Waals surface area contributed by atoms with Gasteiger partial charge in [-0.1, -0.05) is 18.2 Å². The van der Waals surface area contributed by atoms with E-state index < -0.39 is 11.9 Å². The Bertz CT molecular complexity index is 388. The van der Waals surface area contributed by atoms with E-state index in [2.05, 4.69) is 0 Å². The molecule has 0 unspecified atom stereocenters. The van der Waals surface area contributed by atoms with Crippen LogP contribution >= 0.6 is 0 Å². The average Bonchev–Trinajstić information content (AvgIpc) is 2.42. The van der Waals surface area contributed by atoms with Crippen molar-refractivity contribution in [3.63, 3.8) is 0 Å². The van der Waals surface area contributed by atoms with Gasteiger partial charge in [0.15, 0.2) is 0 Å². The van der Waals surface area contributed by atoms with Crippen molar-refractivity contribution in [3.8, 4) is 5.75 Å². The van der Waals surface area contributed by atoms with Crippen molar-refractivity contribution in [3.05, 3.63) is 30.3 Å². The van der Waals surface area contributed by atoms with Gasteiger partial charge in [-0.05, 0) is 19.1 Å². The Kier molecular flexibility index (Phi) is 7.27. The molecule has 104 valence electrons. The van der Waals surface area contributed by atoms with Gasteiger partial charge in [0, 0.05) is 6.61 Å². The molecule has 1 rings (SSSR count). The van der Waals surface area contributed by atoms with Gasteiger partial charge in [-0.2, -0.15) is 0 Å². The van der Waals surface area contributed by atoms with Gasteiger partial charge in [0.2, 0.25) is 0 Å². The summed E-state index contributed by atoms with van der Waals surface area (Å²) < 4.78 is 14.9. The number of carbonyl (C=O) groups excluding carboxylic acids is 2. The lowest BCUT2D eigenvalue weighted by molar-refractivity contribution is -0.148. The van der Waals surface area contributed by atoms with Crippen molar-refractivity contribution in [2.75, 3.05) is 19.8 Å². The van der Waals surface area contributed by atoms with E-state index in [0.717, 1.165) is 0 Å². The van der Waals surface area contributed by atoms with E-state index in [-0.39, 0.29) is 19.4 Å². The molecule has 5 heteroatoms. The smallest absolute Gasteiger partial charge is 0.311 e. The van der Waals surface area contributed by atoms with Crippen molar-refractivity contribution in [1.29, 1.82) is 0 Å². The Morgan fingerprint density at radius 3 is 2.37 bits per heavy atom. The third-order valence-electron chi connectivity index (χ3n) is 2.20. The second kappa shape index (κ2) is 9.10. The topological polar surface area (TPSA) is 61.8 Å². The highest BCUT2D eigenvalue weighted by atomic mass is 16.6. The summed E-state index contributed by atoms with van der Waals surface area (Å²) in [5.74, 6) is -0.408. The predicted molar refractivity (Wildman–Crippen MR) is 68.8 cm³/mol. The van der Waals surface area contributed by atoms with Crippen molar-refractivity contribution < 1.29 is 23.8 Å². The number of para-hydroxylation sites is 1. The summed E-state index contributed by atoms with van der Waals surface area (Å²) in [7, 11) is 0. The maximum atomic E-state index is 11.4. The molecule has 0 heterocycles. The molecule has 0 fully saturated rings. The minimum absolute atomic E-state index is 0.00234. The fourth-order valence-electron chi connectivity index (χ4n) is 1.31. The van der Waals surface area contributed by atoms with E-state index in [9.17, 15) is 9.59 Å². The van der Waals surface area contributed by atoms with Crippen LogP contribution in [0.2, 0.25) is 0 Å². The van der Waals surface area contributed by atoms with Crippen molar-refractivity contribution >= 4 is 11.9 Å². The fraction of sp³-hybridized carbons (Fsp3) is 0.429. The van der Waals surface area contributed by atoms with Gasteiger partial charge in [0.1, 0.15) is 12.4 Å². The van der Waals surface area contributed by atoms with E-state index >= 15 is 0 Å². The van der Waals surface area contributed by atoms with E-state index in [0.29, 0.717) is 19.0 Å². The zero-order valence-electron chi connectivity index (χ0n) is 11.0. The zero-order valence-corrected chi connectivity index (χ0v) is 11.0. The molecular formula is C14H18O5. The molecule has 0 atom stereocenters. The maximum Gasteiger partial charge on any atom is 0.311 e. The first-order chi connectivity index (χ1) is 9.22. The van der Waals surface area contributed by atoms with Crippen molar-refractivity contribution in [1.82, 2.24) is 0 Å². The number of hydrogen-bond donors (Lipinski definition) is 0. The van der Waals surface area contributed by atoms with Crippen LogP contribution in [0.15, 0.2) is 30.3 Å². The fourth-order valence-corrected chi connectivity index (χ4v) is 1.31. The summed E-state index contributed by atoms with van der Waals surface area (Å²) >= 11 is 0. The lowest BCUT2D eigenvalue weighted by atomic mass is 10.3. The number of benzene rings is 1. The normalized spacial score (nSPS) is 9.95. The van der Waals surface area contributed by atoms with Crippen LogP contribution in [-0.2, 0) is 19.1 Å².